The molecule has 4 nitrogen and oxygen atoms in total. The number of ether oxygens (including phenoxy) is 1. The minimum atomic E-state index is -0.423. The number of rotatable bonds is 6. The molecule has 1 heterocycles. The molecular formula is C21H40N2O2. The molecule has 1 aliphatic heterocycles. The van der Waals surface area contributed by atoms with Crippen LogP contribution in [0.1, 0.15) is 85.5 Å². The number of unbranched alkanes of at least 4 members (excludes halogenated alkanes) is 1. The van der Waals surface area contributed by atoms with Gasteiger partial charge in [0, 0.05) is 19.1 Å². The van der Waals surface area contributed by atoms with Gasteiger partial charge in [0.25, 0.3) is 0 Å². The van der Waals surface area contributed by atoms with E-state index in [-0.39, 0.29) is 12.1 Å². The Labute approximate surface area is 155 Å². The fourth-order valence-electron chi connectivity index (χ4n) is 4.45. The van der Waals surface area contributed by atoms with Gasteiger partial charge in [0.15, 0.2) is 0 Å². The summed E-state index contributed by atoms with van der Waals surface area (Å²) in [5.74, 6) is 1.46. The van der Waals surface area contributed by atoms with Crippen molar-refractivity contribution in [3.05, 3.63) is 0 Å². The molecule has 1 amide bonds. The molecule has 2 rings (SSSR count). The number of amides is 1. The van der Waals surface area contributed by atoms with E-state index in [0.717, 1.165) is 18.9 Å². The van der Waals surface area contributed by atoms with E-state index in [0.29, 0.717) is 5.92 Å². The maximum atomic E-state index is 12.2. The van der Waals surface area contributed by atoms with Gasteiger partial charge in [0.05, 0.1) is 0 Å². The quantitative estimate of drug-likeness (QED) is 0.733. The lowest BCUT2D eigenvalue weighted by Crippen LogP contribution is -2.49. The molecule has 0 spiro atoms. The van der Waals surface area contributed by atoms with E-state index in [1.54, 1.807) is 0 Å². The van der Waals surface area contributed by atoms with E-state index in [1.807, 2.05) is 20.8 Å². The Kier molecular flexibility index (Phi) is 8.05. The number of carbonyl (C=O) groups excluding carboxylic acids is 1. The molecule has 3 atom stereocenters. The van der Waals surface area contributed by atoms with Gasteiger partial charge in [-0.2, -0.15) is 0 Å². The number of hydrogen-bond donors (Lipinski definition) is 1. The Bertz CT molecular complexity index is 405. The van der Waals surface area contributed by atoms with Gasteiger partial charge in [-0.05, 0) is 71.3 Å². The van der Waals surface area contributed by atoms with Crippen LogP contribution in [0.25, 0.3) is 0 Å². The van der Waals surface area contributed by atoms with Gasteiger partial charge in [0.1, 0.15) is 5.60 Å². The first-order valence-electron chi connectivity index (χ1n) is 10.6. The number of nitrogens with one attached hydrogen (secondary N) is 1. The van der Waals surface area contributed by atoms with Crippen molar-refractivity contribution in [3.63, 3.8) is 0 Å². The maximum Gasteiger partial charge on any atom is 0.407 e. The molecule has 146 valence electrons. The van der Waals surface area contributed by atoms with Crippen LogP contribution in [-0.4, -0.2) is 42.3 Å². The Morgan fingerprint density at radius 3 is 2.64 bits per heavy atom. The second-order valence-electron chi connectivity index (χ2n) is 9.21. The largest absolute Gasteiger partial charge is 0.444 e. The normalized spacial score (nSPS) is 28.6. The average Bonchev–Trinajstić information content (AvgIpc) is 2.53. The summed E-state index contributed by atoms with van der Waals surface area (Å²) in [6.07, 6.45) is 11.4. The standard InChI is InChI=1S/C21H40N2O2/c1-5-6-10-17-11-9-14-23(15-17)16-18-12-7-8-13-19(18)22-20(24)25-21(2,3)4/h17-19H,5-16H2,1-4H3,(H,22,24)/t17?,18-,19?/m0/s1. The van der Waals surface area contributed by atoms with Crippen LogP contribution >= 0.6 is 0 Å². The third-order valence-electron chi connectivity index (χ3n) is 5.67. The minimum Gasteiger partial charge on any atom is -0.444 e. The summed E-state index contributed by atoms with van der Waals surface area (Å²) >= 11 is 0. The van der Waals surface area contributed by atoms with Crippen LogP contribution in [0.4, 0.5) is 4.79 Å². The van der Waals surface area contributed by atoms with Crippen molar-refractivity contribution in [2.45, 2.75) is 97.1 Å². The van der Waals surface area contributed by atoms with E-state index >= 15 is 0 Å². The van der Waals surface area contributed by atoms with Crippen LogP contribution in [0.3, 0.4) is 0 Å². The summed E-state index contributed by atoms with van der Waals surface area (Å²) in [4.78, 5) is 14.9. The number of likely N-dealkylation sites (tertiary alicyclic amines) is 1. The SMILES string of the molecule is CCCCC1CCCN(C[C@@H]2CCCCC2NC(=O)OC(C)(C)C)C1. The van der Waals surface area contributed by atoms with Crippen molar-refractivity contribution >= 4 is 6.09 Å². The van der Waals surface area contributed by atoms with E-state index < -0.39 is 5.60 Å². The van der Waals surface area contributed by atoms with Crippen LogP contribution < -0.4 is 5.32 Å². The molecule has 1 saturated heterocycles. The summed E-state index contributed by atoms with van der Waals surface area (Å²) in [6.45, 7) is 11.7. The van der Waals surface area contributed by atoms with Gasteiger partial charge in [-0.15, -0.1) is 0 Å². The van der Waals surface area contributed by atoms with Crippen LogP contribution in [0.15, 0.2) is 0 Å². The summed E-state index contributed by atoms with van der Waals surface area (Å²) in [5.41, 5.74) is -0.423. The van der Waals surface area contributed by atoms with E-state index in [9.17, 15) is 4.79 Å². The van der Waals surface area contributed by atoms with E-state index in [4.69, 9.17) is 4.74 Å². The van der Waals surface area contributed by atoms with Crippen molar-refractivity contribution in [1.82, 2.24) is 10.2 Å². The smallest absolute Gasteiger partial charge is 0.407 e. The average molecular weight is 353 g/mol. The number of hydrogen-bond acceptors (Lipinski definition) is 3. The highest BCUT2D eigenvalue weighted by Gasteiger charge is 2.31. The maximum absolute atomic E-state index is 12.2. The van der Waals surface area contributed by atoms with Gasteiger partial charge >= 0.3 is 6.09 Å². The van der Waals surface area contributed by atoms with E-state index in [1.165, 1.54) is 64.5 Å². The molecule has 2 unspecified atom stereocenters. The molecule has 1 N–H and O–H groups in total. The first-order chi connectivity index (χ1) is 11.9. The zero-order chi connectivity index (χ0) is 18.3. The zero-order valence-corrected chi connectivity index (χ0v) is 17.0. The lowest BCUT2D eigenvalue weighted by Gasteiger charge is -2.39. The van der Waals surface area contributed by atoms with Crippen molar-refractivity contribution in [1.29, 1.82) is 0 Å². The van der Waals surface area contributed by atoms with Crippen molar-refractivity contribution < 1.29 is 9.53 Å². The second kappa shape index (κ2) is 9.80. The first-order valence-corrected chi connectivity index (χ1v) is 10.6. The lowest BCUT2D eigenvalue weighted by atomic mass is 9.83. The second-order valence-corrected chi connectivity index (χ2v) is 9.21. The summed E-state index contributed by atoms with van der Waals surface area (Å²) in [7, 11) is 0. The number of piperidine rings is 1. The van der Waals surface area contributed by atoms with Gasteiger partial charge in [-0.3, -0.25) is 0 Å². The van der Waals surface area contributed by atoms with E-state index in [2.05, 4.69) is 17.1 Å². The van der Waals surface area contributed by atoms with Gasteiger partial charge in [0.2, 0.25) is 0 Å². The zero-order valence-electron chi connectivity index (χ0n) is 17.0. The number of nitrogens with zero attached hydrogens (tertiary/aromatic N) is 1. The summed E-state index contributed by atoms with van der Waals surface area (Å²) < 4.78 is 5.48. The highest BCUT2D eigenvalue weighted by Crippen LogP contribution is 2.28. The molecule has 1 saturated carbocycles. The predicted molar refractivity (Wildman–Crippen MR) is 104 cm³/mol. The van der Waals surface area contributed by atoms with Gasteiger partial charge < -0.3 is 15.0 Å². The Morgan fingerprint density at radius 1 is 1.16 bits per heavy atom. The number of alkyl carbamates (subject to hydrolysis) is 1. The van der Waals surface area contributed by atoms with Crippen LogP contribution in [0.2, 0.25) is 0 Å². The third-order valence-corrected chi connectivity index (χ3v) is 5.67. The van der Waals surface area contributed by atoms with Crippen LogP contribution in [-0.2, 0) is 4.74 Å². The minimum absolute atomic E-state index is 0.246. The topological polar surface area (TPSA) is 41.6 Å². The Hall–Kier alpha value is -0.770. The first kappa shape index (κ1) is 20.5. The molecule has 0 aromatic heterocycles. The molecule has 0 bridgehead atoms. The highest BCUT2D eigenvalue weighted by molar-refractivity contribution is 5.68. The molecule has 1 aliphatic carbocycles. The molecule has 0 aromatic rings. The van der Waals surface area contributed by atoms with Crippen molar-refractivity contribution in [2.24, 2.45) is 11.8 Å². The van der Waals surface area contributed by atoms with Crippen LogP contribution in [0.5, 0.6) is 0 Å². The lowest BCUT2D eigenvalue weighted by molar-refractivity contribution is 0.0443. The van der Waals surface area contributed by atoms with Crippen LogP contribution in [0, 0.1) is 11.8 Å². The molecule has 4 heteroatoms. The van der Waals surface area contributed by atoms with Gasteiger partial charge in [-0.1, -0.05) is 32.6 Å². The molecular weight excluding hydrogens is 312 g/mol. The predicted octanol–water partition coefficient (Wildman–Crippen LogP) is 4.97. The number of carbonyl (C=O) groups is 1. The molecule has 0 aromatic carbocycles. The van der Waals surface area contributed by atoms with Crippen molar-refractivity contribution in [2.75, 3.05) is 19.6 Å². The summed E-state index contributed by atoms with van der Waals surface area (Å²) in [5, 5.41) is 3.17. The fourth-order valence-corrected chi connectivity index (χ4v) is 4.45. The van der Waals surface area contributed by atoms with Crippen molar-refractivity contribution in [3.8, 4) is 0 Å². The Morgan fingerprint density at radius 2 is 1.92 bits per heavy atom. The third kappa shape index (κ3) is 7.55. The fraction of sp³-hybridized carbons (Fsp3) is 0.952. The Balaban J connectivity index is 1.84. The van der Waals surface area contributed by atoms with Gasteiger partial charge in [-0.25, -0.2) is 4.79 Å². The molecule has 2 aliphatic rings. The summed E-state index contributed by atoms with van der Waals surface area (Å²) in [6, 6.07) is 0.277. The monoisotopic (exact) mass is 352 g/mol. The molecule has 0 radical (unpaired) electrons. The molecule has 25 heavy (non-hydrogen) atoms. The molecule has 2 fully saturated rings. The highest BCUT2D eigenvalue weighted by atomic mass is 16.6.